The minimum atomic E-state index is -0.564. The molecule has 30 heteroatoms. The molecule has 3 aromatic heterocycles. The van der Waals surface area contributed by atoms with Gasteiger partial charge in [-0.1, -0.05) is 29.8 Å². The van der Waals surface area contributed by atoms with Crippen molar-refractivity contribution in [3.63, 3.8) is 0 Å². The Balaban J connectivity index is 0.608. The molecule has 0 unspecified atom stereocenters. The third-order valence-corrected chi connectivity index (χ3v) is 14.8. The van der Waals surface area contributed by atoms with Gasteiger partial charge in [0.25, 0.3) is 17.7 Å². The molecule has 29 nitrogen and oxygen atoms in total. The topological polar surface area (TPSA) is 347 Å². The van der Waals surface area contributed by atoms with E-state index in [4.69, 9.17) is 55.2 Å². The van der Waals surface area contributed by atoms with Crippen molar-refractivity contribution < 1.29 is 71.5 Å². The fourth-order valence-electron chi connectivity index (χ4n) is 9.94. The summed E-state index contributed by atoms with van der Waals surface area (Å²) in [6.07, 6.45) is 5.49. The summed E-state index contributed by atoms with van der Waals surface area (Å²) in [6, 6.07) is 22.9. The Morgan fingerprint density at radius 3 is 1.54 bits per heavy atom. The first kappa shape index (κ1) is 73.8. The van der Waals surface area contributed by atoms with E-state index in [9.17, 15) is 33.6 Å². The number of fused-ring (bicyclic) bond motifs is 1. The van der Waals surface area contributed by atoms with Gasteiger partial charge in [-0.3, -0.25) is 33.6 Å². The highest BCUT2D eigenvalue weighted by Crippen LogP contribution is 2.41. The number of ether oxygens (including phenoxy) is 8. The van der Waals surface area contributed by atoms with Crippen LogP contribution in [0, 0.1) is 0 Å². The molecule has 95 heavy (non-hydrogen) atoms. The number of hydrogen-bond donors (Lipinski definition) is 8. The fraction of sp³-hybridized carbons (Fsp3) is 0.462. The number of amides is 7. The Bertz CT molecular complexity index is 3450. The molecule has 7 rings (SSSR count). The summed E-state index contributed by atoms with van der Waals surface area (Å²) in [6.45, 7) is 9.94. The van der Waals surface area contributed by atoms with Gasteiger partial charge in [-0.05, 0) is 84.6 Å². The van der Waals surface area contributed by atoms with Crippen molar-refractivity contribution in [2.24, 2.45) is 26.9 Å². The third-order valence-electron chi connectivity index (χ3n) is 14.5. The maximum absolute atomic E-state index is 12.9. The van der Waals surface area contributed by atoms with E-state index < -0.39 is 23.6 Å². The minimum Gasteiger partial charge on any atom is -0.379 e. The van der Waals surface area contributed by atoms with Crippen LogP contribution in [-0.2, 0) is 78.2 Å². The number of aromatic nitrogens is 5. The predicted octanol–water partition coefficient (Wildman–Crippen LogP) is 5.30. The van der Waals surface area contributed by atoms with Crippen LogP contribution in [0.15, 0.2) is 91.4 Å². The van der Waals surface area contributed by atoms with Crippen molar-refractivity contribution in [1.82, 2.24) is 34.3 Å². The number of nitrogens with two attached hydrogens (primary N) is 1. The number of nitrogens with zero attached hydrogens (tertiary/aromatic N) is 6. The van der Waals surface area contributed by atoms with E-state index in [-0.39, 0.29) is 111 Å². The molecule has 7 amide bonds. The second kappa shape index (κ2) is 39.3. The van der Waals surface area contributed by atoms with Gasteiger partial charge in [0, 0.05) is 107 Å². The highest BCUT2D eigenvalue weighted by atomic mass is 35.5. The van der Waals surface area contributed by atoms with Crippen LogP contribution < -0.4 is 47.9 Å². The van der Waals surface area contributed by atoms with Gasteiger partial charge in [0.15, 0.2) is 11.6 Å². The lowest BCUT2D eigenvalue weighted by atomic mass is 9.89. The molecule has 514 valence electrons. The second-order valence-corrected chi connectivity index (χ2v) is 22.4. The summed E-state index contributed by atoms with van der Waals surface area (Å²) in [5, 5.41) is 20.5. The van der Waals surface area contributed by atoms with E-state index in [0.717, 1.165) is 34.5 Å². The molecule has 1 aliphatic heterocycles. The number of nitrogens with one attached hydrogen (secondary N) is 7. The zero-order valence-corrected chi connectivity index (χ0v) is 55.1. The van der Waals surface area contributed by atoms with E-state index in [1.54, 1.807) is 34.3 Å². The zero-order valence-electron chi connectivity index (χ0n) is 54.3. The van der Waals surface area contributed by atoms with E-state index in [2.05, 4.69) is 60.2 Å². The third kappa shape index (κ3) is 24.6. The molecular weight excluding hydrogens is 1250 g/mol. The number of hydrogen-bond acceptors (Lipinski definition) is 19. The first-order valence-electron chi connectivity index (χ1n) is 31.3. The number of carbonyl (C=O) groups is 7. The maximum atomic E-state index is 12.9. The van der Waals surface area contributed by atoms with E-state index in [1.165, 1.54) is 32.2 Å². The van der Waals surface area contributed by atoms with Gasteiger partial charge < -0.3 is 99.4 Å². The smallest absolute Gasteiger partial charge is 0.291 e. The molecule has 9 N–H and O–H groups in total. The average molecular weight is 1340 g/mol. The van der Waals surface area contributed by atoms with Crippen LogP contribution in [0.3, 0.4) is 0 Å². The largest absolute Gasteiger partial charge is 0.379 e. The van der Waals surface area contributed by atoms with Crippen molar-refractivity contribution in [3.8, 4) is 11.1 Å². The van der Waals surface area contributed by atoms with Gasteiger partial charge in [0.2, 0.25) is 35.3 Å². The minimum absolute atomic E-state index is 0.00175. The summed E-state index contributed by atoms with van der Waals surface area (Å²) in [7, 11) is 4.84. The molecule has 0 bridgehead atoms. The van der Waals surface area contributed by atoms with Crippen molar-refractivity contribution in [2.75, 3.05) is 157 Å². The molecule has 0 spiro atoms. The number of halogens is 1. The SMILES string of the molecule is CC(=O)N1c2ccc(-c3ccc(NC(=O)CCOCCOCCOCCOCCOCCOCCOCCOCCNC(=O)c4nc(NC(=O)CCNC(=O)c5cc(NC(=O)c6nc(NC(=O)CCN)cn6C)cn5C)cn4C)cc3)cc2[C@H](Nc2ccc(Cl)cc2)C[C@@H]1C. The second-order valence-electron chi connectivity index (χ2n) is 21.9. The Morgan fingerprint density at radius 2 is 0.989 bits per heavy atom. The lowest BCUT2D eigenvalue weighted by Crippen LogP contribution is -2.43. The summed E-state index contributed by atoms with van der Waals surface area (Å²) in [5.41, 5.74) is 11.5. The van der Waals surface area contributed by atoms with Gasteiger partial charge in [-0.15, -0.1) is 0 Å². The van der Waals surface area contributed by atoms with Crippen LogP contribution in [0.2, 0.25) is 5.02 Å². The van der Waals surface area contributed by atoms with Crippen LogP contribution in [0.1, 0.15) is 82.9 Å². The Kier molecular flexibility index (Phi) is 30.5. The van der Waals surface area contributed by atoms with Crippen LogP contribution in [0.5, 0.6) is 0 Å². The van der Waals surface area contributed by atoms with Gasteiger partial charge >= 0.3 is 0 Å². The molecule has 3 aromatic carbocycles. The summed E-state index contributed by atoms with van der Waals surface area (Å²) < 4.78 is 48.9. The fourth-order valence-corrected chi connectivity index (χ4v) is 10.1. The Morgan fingerprint density at radius 1 is 0.505 bits per heavy atom. The summed E-state index contributed by atoms with van der Waals surface area (Å²) in [4.78, 5) is 98.8. The lowest BCUT2D eigenvalue weighted by Gasteiger charge is -2.39. The normalized spacial score (nSPS) is 13.4. The molecule has 0 aliphatic carbocycles. The highest BCUT2D eigenvalue weighted by molar-refractivity contribution is 6.30. The molecule has 0 saturated heterocycles. The van der Waals surface area contributed by atoms with Gasteiger partial charge in [0.1, 0.15) is 5.69 Å². The van der Waals surface area contributed by atoms with E-state index >= 15 is 0 Å². The summed E-state index contributed by atoms with van der Waals surface area (Å²) in [5.74, 6) is -1.98. The van der Waals surface area contributed by atoms with Gasteiger partial charge in [0.05, 0.1) is 124 Å². The molecule has 2 atom stereocenters. The molecular formula is C65H87ClN14O15. The van der Waals surface area contributed by atoms with Crippen LogP contribution in [0.4, 0.5) is 34.4 Å². The van der Waals surface area contributed by atoms with Crippen molar-refractivity contribution >= 4 is 87.3 Å². The molecule has 4 heterocycles. The number of benzene rings is 3. The standard InChI is InChI=1S/C65H87ClN14O15/c1-44-38-53(70-49-13-9-48(66)10-14-49)52-39-47(8-15-54(52)80(44)45(2)81)46-6-11-50(12-7-46)71-60(84)18-22-88-24-26-90-28-30-92-32-34-94-36-37-95-35-33-93-31-29-91-27-25-89-23-21-69-64(86)61-75-57(42-78(61)4)74-59(83)17-20-68-63(85)55-40-51(41-77(55)3)72-65(87)62-76-56(43-79(62)5)73-58(82)16-19-67/h6-15,39-44,53,70H,16-38,67H2,1-5H3,(H,68,85)(H,69,86)(H,71,84)(H,72,87)(H,73,82)(H,74,83)/t44-,53+/m0/s1. The number of imidazole rings is 2. The van der Waals surface area contributed by atoms with Gasteiger partial charge in [-0.25, -0.2) is 9.97 Å². The molecule has 0 saturated carbocycles. The summed E-state index contributed by atoms with van der Waals surface area (Å²) >= 11 is 6.13. The predicted molar refractivity (Wildman–Crippen MR) is 357 cm³/mol. The van der Waals surface area contributed by atoms with Crippen LogP contribution >= 0.6 is 11.6 Å². The van der Waals surface area contributed by atoms with E-state index in [1.807, 2.05) is 65.6 Å². The maximum Gasteiger partial charge on any atom is 0.291 e. The van der Waals surface area contributed by atoms with E-state index in [0.29, 0.717) is 109 Å². The molecule has 1 aliphatic rings. The zero-order chi connectivity index (χ0) is 67.9. The number of aryl methyl sites for hydroxylation is 3. The highest BCUT2D eigenvalue weighted by Gasteiger charge is 2.33. The van der Waals surface area contributed by atoms with Crippen molar-refractivity contribution in [1.29, 1.82) is 0 Å². The first-order valence-corrected chi connectivity index (χ1v) is 31.7. The number of rotatable bonds is 42. The van der Waals surface area contributed by atoms with Crippen LogP contribution in [0.25, 0.3) is 11.1 Å². The molecule has 0 fully saturated rings. The van der Waals surface area contributed by atoms with Gasteiger partial charge in [-0.2, -0.15) is 0 Å². The van der Waals surface area contributed by atoms with Crippen LogP contribution in [-0.4, -0.2) is 196 Å². The Labute approximate surface area is 556 Å². The Hall–Kier alpha value is -8.62. The number of anilines is 6. The monoisotopic (exact) mass is 1340 g/mol. The average Bonchev–Trinajstić information content (AvgIpc) is 1.54. The molecule has 6 aromatic rings. The molecule has 0 radical (unpaired) electrons. The number of carbonyl (C=O) groups excluding carboxylic acids is 7. The first-order chi connectivity index (χ1) is 46.0. The van der Waals surface area contributed by atoms with Crippen molar-refractivity contribution in [2.45, 2.75) is 51.6 Å². The lowest BCUT2D eigenvalue weighted by molar-refractivity contribution is -0.118. The van der Waals surface area contributed by atoms with Crippen molar-refractivity contribution in [3.05, 3.63) is 119 Å². The quantitative estimate of drug-likeness (QED) is 0.0225.